The van der Waals surface area contributed by atoms with Crippen LogP contribution in [0.4, 0.5) is 13.2 Å². The first kappa shape index (κ1) is 12.2. The van der Waals surface area contributed by atoms with Gasteiger partial charge in [-0.25, -0.2) is 4.79 Å². The van der Waals surface area contributed by atoms with E-state index >= 15 is 0 Å². The zero-order valence-corrected chi connectivity index (χ0v) is 7.78. The molecule has 86 valence electrons. The van der Waals surface area contributed by atoms with Crippen molar-refractivity contribution in [3.8, 4) is 0 Å². The van der Waals surface area contributed by atoms with E-state index in [4.69, 9.17) is 5.11 Å². The van der Waals surface area contributed by atoms with Crippen molar-refractivity contribution in [3.63, 3.8) is 0 Å². The summed E-state index contributed by atoms with van der Waals surface area (Å²) in [5, 5.41) is 8.27. The van der Waals surface area contributed by atoms with E-state index in [2.05, 4.69) is 4.98 Å². The van der Waals surface area contributed by atoms with Crippen LogP contribution in [-0.4, -0.2) is 21.8 Å². The molecule has 1 aromatic heterocycles. The van der Waals surface area contributed by atoms with Gasteiger partial charge in [0.05, 0.1) is 12.0 Å². The van der Waals surface area contributed by atoms with Crippen LogP contribution in [0.3, 0.4) is 0 Å². The highest BCUT2D eigenvalue weighted by atomic mass is 19.4. The summed E-state index contributed by atoms with van der Waals surface area (Å²) in [6, 6.07) is 1.72. The van der Waals surface area contributed by atoms with E-state index in [1.165, 1.54) is 0 Å². The fourth-order valence-electron chi connectivity index (χ4n) is 0.937. The molecule has 0 unspecified atom stereocenters. The van der Waals surface area contributed by atoms with Crippen molar-refractivity contribution in [1.29, 1.82) is 0 Å². The Hall–Kier alpha value is -1.92. The molecule has 0 atom stereocenters. The maximum Gasteiger partial charge on any atom is 0.417 e. The van der Waals surface area contributed by atoms with Crippen LogP contribution in [0.5, 0.6) is 0 Å². The topological polar surface area (TPSA) is 67.3 Å². The van der Waals surface area contributed by atoms with E-state index in [-0.39, 0.29) is 5.69 Å². The number of carbonyl (C=O) groups excluding carboxylic acids is 1. The number of nitrogens with zero attached hydrogens (tertiary/aromatic N) is 1. The predicted molar refractivity (Wildman–Crippen MR) is 45.6 cm³/mol. The fourth-order valence-corrected chi connectivity index (χ4v) is 0.937. The van der Waals surface area contributed by atoms with Crippen LogP contribution in [0.15, 0.2) is 18.3 Å². The Labute approximate surface area is 87.7 Å². The number of pyridine rings is 1. The Kier molecular flexibility index (Phi) is 3.26. The number of carbonyl (C=O) groups is 2. The van der Waals surface area contributed by atoms with E-state index in [9.17, 15) is 22.8 Å². The smallest absolute Gasteiger partial charge is 0.417 e. The monoisotopic (exact) mass is 233 g/mol. The van der Waals surface area contributed by atoms with Crippen molar-refractivity contribution < 1.29 is 27.9 Å². The molecular formula is C9H6F3NO3. The molecular weight excluding hydrogens is 227 g/mol. The zero-order valence-electron chi connectivity index (χ0n) is 7.78. The van der Waals surface area contributed by atoms with Gasteiger partial charge in [-0.15, -0.1) is 0 Å². The summed E-state index contributed by atoms with van der Waals surface area (Å²) in [6.07, 6.45) is -4.46. The SMILES string of the molecule is O=C(O)C(=O)Cc1ccc(C(F)(F)F)cn1. The molecule has 0 radical (unpaired) electrons. The normalized spacial score (nSPS) is 11.2. The van der Waals surface area contributed by atoms with E-state index in [0.29, 0.717) is 6.20 Å². The minimum Gasteiger partial charge on any atom is -0.475 e. The number of Topliss-reactive ketones (excluding diaryl/α,β-unsaturated/α-hetero) is 1. The third-order valence-electron chi connectivity index (χ3n) is 1.73. The fraction of sp³-hybridized carbons (Fsp3) is 0.222. The van der Waals surface area contributed by atoms with Gasteiger partial charge in [-0.1, -0.05) is 0 Å². The van der Waals surface area contributed by atoms with Crippen molar-refractivity contribution in [3.05, 3.63) is 29.6 Å². The number of alkyl halides is 3. The molecule has 16 heavy (non-hydrogen) atoms. The third-order valence-corrected chi connectivity index (χ3v) is 1.73. The maximum atomic E-state index is 12.1. The molecule has 0 aliphatic rings. The van der Waals surface area contributed by atoms with Crippen molar-refractivity contribution in [2.24, 2.45) is 0 Å². The Morgan fingerprint density at radius 1 is 1.31 bits per heavy atom. The highest BCUT2D eigenvalue weighted by molar-refractivity contribution is 6.33. The second kappa shape index (κ2) is 4.30. The number of aliphatic carboxylic acids is 1. The van der Waals surface area contributed by atoms with Crippen molar-refractivity contribution >= 4 is 11.8 Å². The second-order valence-electron chi connectivity index (χ2n) is 2.94. The lowest BCUT2D eigenvalue weighted by atomic mass is 10.2. The average molecular weight is 233 g/mol. The summed E-state index contributed by atoms with van der Waals surface area (Å²) in [5.41, 5.74) is -0.959. The van der Waals surface area contributed by atoms with Gasteiger partial charge in [-0.05, 0) is 12.1 Å². The second-order valence-corrected chi connectivity index (χ2v) is 2.94. The summed E-state index contributed by atoms with van der Waals surface area (Å²) in [6.45, 7) is 0. The highest BCUT2D eigenvalue weighted by Gasteiger charge is 2.30. The van der Waals surface area contributed by atoms with Crippen molar-refractivity contribution in [2.45, 2.75) is 12.6 Å². The molecule has 0 spiro atoms. The highest BCUT2D eigenvalue weighted by Crippen LogP contribution is 2.28. The average Bonchev–Trinajstić information content (AvgIpc) is 2.17. The van der Waals surface area contributed by atoms with Gasteiger partial charge in [0.1, 0.15) is 0 Å². The number of hydrogen-bond acceptors (Lipinski definition) is 3. The Bertz CT molecular complexity index is 411. The predicted octanol–water partition coefficient (Wildman–Crippen LogP) is 1.30. The largest absolute Gasteiger partial charge is 0.475 e. The van der Waals surface area contributed by atoms with Gasteiger partial charge in [0.2, 0.25) is 5.78 Å². The summed E-state index contributed by atoms with van der Waals surface area (Å²) in [4.78, 5) is 24.3. The number of carboxylic acids is 1. The summed E-state index contributed by atoms with van der Waals surface area (Å²) in [5.74, 6) is -2.76. The van der Waals surface area contributed by atoms with Crippen LogP contribution in [0.2, 0.25) is 0 Å². The van der Waals surface area contributed by atoms with E-state index in [1.807, 2.05) is 0 Å². The number of aromatic nitrogens is 1. The first-order chi connectivity index (χ1) is 7.30. The zero-order chi connectivity index (χ0) is 12.3. The van der Waals surface area contributed by atoms with E-state index < -0.39 is 29.9 Å². The van der Waals surface area contributed by atoms with Crippen molar-refractivity contribution in [1.82, 2.24) is 4.98 Å². The lowest BCUT2D eigenvalue weighted by Gasteiger charge is -2.05. The van der Waals surface area contributed by atoms with Gasteiger partial charge in [0.25, 0.3) is 0 Å². The van der Waals surface area contributed by atoms with Crippen LogP contribution < -0.4 is 0 Å². The standard InChI is InChI=1S/C9H6F3NO3/c10-9(11,12)5-1-2-6(13-4-5)3-7(14)8(15)16/h1-2,4H,3H2,(H,15,16). The minimum atomic E-state index is -4.50. The molecule has 0 aliphatic carbocycles. The minimum absolute atomic E-state index is 0.0135. The molecule has 1 N–H and O–H groups in total. The molecule has 0 saturated heterocycles. The number of ketones is 1. The molecule has 1 rings (SSSR count). The first-order valence-electron chi connectivity index (χ1n) is 4.09. The molecule has 0 amide bonds. The number of rotatable bonds is 3. The van der Waals surface area contributed by atoms with Gasteiger partial charge < -0.3 is 5.11 Å². The molecule has 0 aromatic carbocycles. The number of halogens is 3. The Morgan fingerprint density at radius 3 is 2.31 bits per heavy atom. The third kappa shape index (κ3) is 3.04. The molecule has 0 aliphatic heterocycles. The summed E-state index contributed by atoms with van der Waals surface area (Å²) in [7, 11) is 0. The lowest BCUT2D eigenvalue weighted by Crippen LogP contribution is -2.16. The van der Waals surface area contributed by atoms with Crippen LogP contribution in [-0.2, 0) is 22.2 Å². The summed E-state index contributed by atoms with van der Waals surface area (Å²) < 4.78 is 36.3. The van der Waals surface area contributed by atoms with E-state index in [0.717, 1.165) is 12.1 Å². The summed E-state index contributed by atoms with van der Waals surface area (Å²) >= 11 is 0. The number of carboxylic acid groups (broad SMARTS) is 1. The van der Waals surface area contributed by atoms with Crippen molar-refractivity contribution in [2.75, 3.05) is 0 Å². The molecule has 1 aromatic rings. The lowest BCUT2D eigenvalue weighted by molar-refractivity contribution is -0.148. The van der Waals surface area contributed by atoms with Gasteiger partial charge in [-0.3, -0.25) is 9.78 Å². The molecule has 0 bridgehead atoms. The van der Waals surface area contributed by atoms with Gasteiger partial charge in [-0.2, -0.15) is 13.2 Å². The maximum absolute atomic E-state index is 12.1. The van der Waals surface area contributed by atoms with Crippen LogP contribution >= 0.6 is 0 Å². The van der Waals surface area contributed by atoms with Crippen LogP contribution in [0, 0.1) is 0 Å². The first-order valence-corrected chi connectivity index (χ1v) is 4.09. The number of hydrogen-bond donors (Lipinski definition) is 1. The quantitative estimate of drug-likeness (QED) is 0.799. The molecule has 1 heterocycles. The molecule has 0 fully saturated rings. The van der Waals surface area contributed by atoms with Crippen LogP contribution in [0.25, 0.3) is 0 Å². The molecule has 0 saturated carbocycles. The van der Waals surface area contributed by atoms with Gasteiger partial charge in [0, 0.05) is 11.9 Å². The molecule has 7 heteroatoms. The molecule has 4 nitrogen and oxygen atoms in total. The van der Waals surface area contributed by atoms with Gasteiger partial charge in [0.15, 0.2) is 0 Å². The van der Waals surface area contributed by atoms with E-state index in [1.54, 1.807) is 0 Å². The van der Waals surface area contributed by atoms with Crippen LogP contribution in [0.1, 0.15) is 11.3 Å². The van der Waals surface area contributed by atoms with Gasteiger partial charge >= 0.3 is 12.1 Å². The Balaban J connectivity index is 2.80. The Morgan fingerprint density at radius 2 is 1.94 bits per heavy atom.